The van der Waals surface area contributed by atoms with Gasteiger partial charge in [0, 0.05) is 31.6 Å². The van der Waals surface area contributed by atoms with Crippen LogP contribution < -0.4 is 0 Å². The van der Waals surface area contributed by atoms with Crippen molar-refractivity contribution >= 4 is 17.7 Å². The second kappa shape index (κ2) is 10.9. The quantitative estimate of drug-likeness (QED) is 0.366. The lowest BCUT2D eigenvalue weighted by molar-refractivity contribution is -0.211. The minimum absolute atomic E-state index is 0.0369. The molecule has 0 aromatic rings. The van der Waals surface area contributed by atoms with E-state index < -0.39 is 34.9 Å². The molecule has 0 aromatic carbocycles. The van der Waals surface area contributed by atoms with Gasteiger partial charge in [-0.25, -0.2) is 0 Å². The van der Waals surface area contributed by atoms with Gasteiger partial charge in [0.2, 0.25) is 0 Å². The summed E-state index contributed by atoms with van der Waals surface area (Å²) >= 11 is 0. The Morgan fingerprint density at radius 3 is 2.21 bits per heavy atom. The van der Waals surface area contributed by atoms with E-state index in [0.29, 0.717) is 43.9 Å². The smallest absolute Gasteiger partial charge is 0.302 e. The van der Waals surface area contributed by atoms with E-state index in [1.165, 1.54) is 13.8 Å². The fourth-order valence-electron chi connectivity index (χ4n) is 9.44. The molecule has 4 aliphatic rings. The monoisotopic (exact) mass is 546 g/mol. The number of hydrogen-bond donors (Lipinski definition) is 2. The molecule has 0 spiro atoms. The fraction of sp³-hybridized carbons (Fsp3) is 0.844. The van der Waals surface area contributed by atoms with E-state index in [2.05, 4.69) is 53.7 Å². The van der Waals surface area contributed by atoms with Crippen LogP contribution in [0, 0.1) is 58.2 Å². The van der Waals surface area contributed by atoms with E-state index >= 15 is 0 Å². The lowest BCUT2D eigenvalue weighted by atomic mass is 9.42. The normalized spacial score (nSPS) is 45.3. The average molecular weight is 547 g/mol. The molecule has 13 atom stereocenters. The lowest BCUT2D eigenvalue weighted by Gasteiger charge is -2.62. The minimum atomic E-state index is -1.20. The summed E-state index contributed by atoms with van der Waals surface area (Å²) in [4.78, 5) is 37.6. The summed E-state index contributed by atoms with van der Waals surface area (Å²) in [6.07, 6.45) is 4.68. The Morgan fingerprint density at radius 1 is 0.974 bits per heavy atom. The number of hydrogen-bond acceptors (Lipinski definition) is 7. The Hall–Kier alpha value is -1.73. The zero-order chi connectivity index (χ0) is 29.0. The first kappa shape index (κ1) is 30.2. The zero-order valence-corrected chi connectivity index (χ0v) is 25.1. The number of Topliss-reactive ketones (excluding diaryl/α,β-unsaturated/α-hetero) is 1. The molecule has 39 heavy (non-hydrogen) atoms. The van der Waals surface area contributed by atoms with Gasteiger partial charge in [-0.15, -0.1) is 0 Å². The lowest BCUT2D eigenvalue weighted by Crippen LogP contribution is -2.66. The molecule has 4 aliphatic carbocycles. The Balaban J connectivity index is 1.70. The summed E-state index contributed by atoms with van der Waals surface area (Å²) in [6, 6.07) is 0. The van der Waals surface area contributed by atoms with Crippen molar-refractivity contribution in [2.75, 3.05) is 0 Å². The minimum Gasteiger partial charge on any atom is -0.463 e. The van der Waals surface area contributed by atoms with Gasteiger partial charge in [-0.2, -0.15) is 0 Å². The number of ether oxygens (including phenoxy) is 2. The Bertz CT molecular complexity index is 989. The summed E-state index contributed by atoms with van der Waals surface area (Å²) in [5, 5.41) is 23.5. The van der Waals surface area contributed by atoms with Crippen molar-refractivity contribution in [3.63, 3.8) is 0 Å². The highest BCUT2D eigenvalue weighted by atomic mass is 16.5. The molecular formula is C32H50O7. The maximum absolute atomic E-state index is 13.8. The summed E-state index contributed by atoms with van der Waals surface area (Å²) < 4.78 is 11.4. The number of esters is 2. The van der Waals surface area contributed by atoms with Gasteiger partial charge in [-0.3, -0.25) is 14.4 Å². The van der Waals surface area contributed by atoms with E-state index in [4.69, 9.17) is 9.47 Å². The van der Waals surface area contributed by atoms with Crippen molar-refractivity contribution in [1.29, 1.82) is 0 Å². The van der Waals surface area contributed by atoms with Crippen LogP contribution in [0.5, 0.6) is 0 Å². The molecule has 0 bridgehead atoms. The Kier molecular flexibility index (Phi) is 8.47. The third-order valence-corrected chi connectivity index (χ3v) is 11.5. The van der Waals surface area contributed by atoms with Gasteiger partial charge in [0.05, 0.1) is 6.10 Å². The Morgan fingerprint density at radius 2 is 1.62 bits per heavy atom. The first-order valence-electron chi connectivity index (χ1n) is 15.0. The van der Waals surface area contributed by atoms with Crippen LogP contribution in [-0.4, -0.2) is 52.4 Å². The number of aliphatic hydroxyl groups is 2. The van der Waals surface area contributed by atoms with E-state index in [9.17, 15) is 24.6 Å². The molecule has 0 aliphatic heterocycles. The Labute approximate surface area is 234 Å². The molecule has 4 saturated carbocycles. The molecule has 7 heteroatoms. The molecular weight excluding hydrogens is 496 g/mol. The third-order valence-electron chi connectivity index (χ3n) is 11.5. The van der Waals surface area contributed by atoms with Gasteiger partial charge in [0.15, 0.2) is 5.78 Å². The zero-order valence-electron chi connectivity index (χ0n) is 25.1. The maximum atomic E-state index is 13.8. The van der Waals surface area contributed by atoms with Crippen molar-refractivity contribution in [1.82, 2.24) is 0 Å². The van der Waals surface area contributed by atoms with Gasteiger partial charge in [-0.1, -0.05) is 53.7 Å². The molecule has 220 valence electrons. The van der Waals surface area contributed by atoms with Gasteiger partial charge >= 0.3 is 11.9 Å². The highest BCUT2D eigenvalue weighted by molar-refractivity contribution is 5.87. The highest BCUT2D eigenvalue weighted by Gasteiger charge is 2.69. The summed E-state index contributed by atoms with van der Waals surface area (Å²) in [5.41, 5.74) is -0.906. The van der Waals surface area contributed by atoms with Crippen molar-refractivity contribution in [2.24, 2.45) is 58.2 Å². The van der Waals surface area contributed by atoms with E-state index in [0.717, 1.165) is 0 Å². The van der Waals surface area contributed by atoms with Crippen molar-refractivity contribution in [2.45, 2.75) is 112 Å². The van der Waals surface area contributed by atoms with E-state index in [1.54, 1.807) is 0 Å². The highest BCUT2D eigenvalue weighted by Crippen LogP contribution is 2.68. The van der Waals surface area contributed by atoms with Gasteiger partial charge in [0.25, 0.3) is 0 Å². The van der Waals surface area contributed by atoms with Crippen molar-refractivity contribution in [3.05, 3.63) is 12.2 Å². The second-order valence-electron chi connectivity index (χ2n) is 14.2. The SMILES string of the molecule is CC(=O)O[C@H]1CC[C@]2(C)[C@@H]3[C@@H]([C@@H](O)C(=O)[C@H]2C1)[C@@H]1C[C@H](OC(C)=O)[C@H]([C@H](C)/C=C/[C@H](C)C(C)C)[C@@]1(C)C[C@@H]3O. The second-order valence-corrected chi connectivity index (χ2v) is 14.2. The van der Waals surface area contributed by atoms with Gasteiger partial charge in [0.1, 0.15) is 18.3 Å². The number of aliphatic hydroxyl groups excluding tert-OH is 2. The molecule has 0 aromatic heterocycles. The average Bonchev–Trinajstić information content (AvgIpc) is 3.10. The molecule has 4 fully saturated rings. The summed E-state index contributed by atoms with van der Waals surface area (Å²) in [5.74, 6) is -1.12. The predicted octanol–water partition coefficient (Wildman–Crippen LogP) is 4.72. The first-order chi connectivity index (χ1) is 18.1. The molecule has 0 radical (unpaired) electrons. The first-order valence-corrected chi connectivity index (χ1v) is 15.0. The molecule has 4 rings (SSSR count). The van der Waals surface area contributed by atoms with E-state index in [1.807, 2.05) is 0 Å². The standard InChI is InChI=1S/C32H50O7/c1-16(2)17(3)9-10-18(4)27-25(39-20(6)34)14-22-26-28(24(35)15-32(22,27)8)31(7)12-11-21(38-19(5)33)13-23(31)29(36)30(26)37/h9-10,16-18,21-28,30,35,37H,11-15H2,1-8H3/b10-9+/t17-,18+,21-,22-,23+,24-,25-,26-,27-,28-,30+,31-,32-/m0/s1. The van der Waals surface area contributed by atoms with Gasteiger partial charge < -0.3 is 19.7 Å². The predicted molar refractivity (Wildman–Crippen MR) is 147 cm³/mol. The molecule has 7 nitrogen and oxygen atoms in total. The van der Waals surface area contributed by atoms with Crippen LogP contribution in [0.2, 0.25) is 0 Å². The fourth-order valence-corrected chi connectivity index (χ4v) is 9.44. The molecule has 0 saturated heterocycles. The molecule has 0 unspecified atom stereocenters. The van der Waals surface area contributed by atoms with Crippen molar-refractivity contribution in [3.8, 4) is 0 Å². The third kappa shape index (κ3) is 5.23. The number of ketones is 1. The number of rotatable bonds is 6. The largest absolute Gasteiger partial charge is 0.463 e. The molecule has 0 amide bonds. The maximum Gasteiger partial charge on any atom is 0.302 e. The topological polar surface area (TPSA) is 110 Å². The summed E-state index contributed by atoms with van der Waals surface area (Å²) in [7, 11) is 0. The number of carbonyl (C=O) groups excluding carboxylic acids is 3. The van der Waals surface area contributed by atoms with Crippen LogP contribution in [0.15, 0.2) is 12.2 Å². The van der Waals surface area contributed by atoms with Gasteiger partial charge in [-0.05, 0) is 72.5 Å². The summed E-state index contributed by atoms with van der Waals surface area (Å²) in [6.45, 7) is 15.8. The van der Waals surface area contributed by atoms with Crippen LogP contribution in [0.4, 0.5) is 0 Å². The molecule has 0 heterocycles. The van der Waals surface area contributed by atoms with Crippen LogP contribution in [0.3, 0.4) is 0 Å². The molecule has 2 N–H and O–H groups in total. The van der Waals surface area contributed by atoms with Crippen molar-refractivity contribution < 1.29 is 34.1 Å². The number of fused-ring (bicyclic) bond motifs is 5. The van der Waals surface area contributed by atoms with Crippen LogP contribution in [-0.2, 0) is 23.9 Å². The van der Waals surface area contributed by atoms with E-state index in [-0.39, 0.29) is 53.6 Å². The van der Waals surface area contributed by atoms with Crippen LogP contribution in [0.1, 0.15) is 87.5 Å². The number of allylic oxidation sites excluding steroid dienone is 2. The van der Waals surface area contributed by atoms with Crippen LogP contribution in [0.25, 0.3) is 0 Å². The number of carbonyl (C=O) groups is 3. The van der Waals surface area contributed by atoms with Crippen LogP contribution >= 0.6 is 0 Å².